The van der Waals surface area contributed by atoms with E-state index < -0.39 is 15.8 Å². The van der Waals surface area contributed by atoms with E-state index >= 15 is 0 Å². The molecule has 96 valence electrons. The zero-order valence-electron chi connectivity index (χ0n) is 9.41. The Hall–Kier alpha value is -1.73. The minimum Gasteiger partial charge on any atom is -0.478 e. The van der Waals surface area contributed by atoms with E-state index in [4.69, 9.17) is 5.11 Å². The maximum atomic E-state index is 11.2. The number of sulfone groups is 1. The Morgan fingerprint density at radius 1 is 1.50 bits per heavy atom. The fourth-order valence-electron chi connectivity index (χ4n) is 1.59. The molecule has 1 unspecified atom stereocenters. The minimum absolute atomic E-state index is 0.0558. The number of aromatic nitrogens is 1. The molecule has 0 saturated carbocycles. The third-order valence-corrected chi connectivity index (χ3v) is 3.94. The van der Waals surface area contributed by atoms with Gasteiger partial charge in [0.05, 0.1) is 17.0 Å². The zero-order chi connectivity index (χ0) is 13.2. The van der Waals surface area contributed by atoms with E-state index in [1.54, 1.807) is 12.1 Å². The fraction of sp³-hybridized carbons (Fsp3) is 0.273. The van der Waals surface area contributed by atoms with Crippen molar-refractivity contribution in [2.75, 3.05) is 5.75 Å². The lowest BCUT2D eigenvalue weighted by Gasteiger charge is -2.09. The van der Waals surface area contributed by atoms with Crippen molar-refractivity contribution in [3.05, 3.63) is 41.1 Å². The summed E-state index contributed by atoms with van der Waals surface area (Å²) in [5.41, 5.74) is 0.791. The number of aromatic carboxylic acids is 1. The maximum Gasteiger partial charge on any atom is 0.337 e. The molecular weight excluding hydrogens is 256 g/mol. The van der Waals surface area contributed by atoms with Crippen LogP contribution in [0, 0.1) is 0 Å². The summed E-state index contributed by atoms with van der Waals surface area (Å²) in [6, 6.07) is 2.85. The second kappa shape index (κ2) is 4.87. The first-order valence-corrected chi connectivity index (χ1v) is 7.00. The monoisotopic (exact) mass is 268 g/mol. The van der Waals surface area contributed by atoms with E-state index in [9.17, 15) is 13.2 Å². The molecule has 2 heterocycles. The van der Waals surface area contributed by atoms with Crippen molar-refractivity contribution < 1.29 is 18.3 Å². The molecule has 0 spiro atoms. The van der Waals surface area contributed by atoms with Crippen LogP contribution in [0.3, 0.4) is 0 Å². The Morgan fingerprint density at radius 2 is 2.28 bits per heavy atom. The van der Waals surface area contributed by atoms with Crippen molar-refractivity contribution in [1.82, 2.24) is 10.3 Å². The van der Waals surface area contributed by atoms with Crippen LogP contribution in [0.25, 0.3) is 0 Å². The van der Waals surface area contributed by atoms with Crippen LogP contribution in [0.1, 0.15) is 16.1 Å². The predicted molar refractivity (Wildman–Crippen MR) is 64.8 cm³/mol. The average Bonchev–Trinajstić information content (AvgIpc) is 2.67. The first kappa shape index (κ1) is 12.7. The lowest BCUT2D eigenvalue weighted by atomic mass is 10.2. The van der Waals surface area contributed by atoms with Gasteiger partial charge in [-0.2, -0.15) is 0 Å². The van der Waals surface area contributed by atoms with E-state index in [2.05, 4.69) is 10.3 Å². The van der Waals surface area contributed by atoms with Gasteiger partial charge in [-0.25, -0.2) is 13.2 Å². The highest BCUT2D eigenvalue weighted by Crippen LogP contribution is 2.08. The molecule has 0 saturated heterocycles. The van der Waals surface area contributed by atoms with E-state index in [0.29, 0.717) is 12.2 Å². The lowest BCUT2D eigenvalue weighted by Crippen LogP contribution is -2.29. The topological polar surface area (TPSA) is 96.4 Å². The van der Waals surface area contributed by atoms with Crippen LogP contribution >= 0.6 is 0 Å². The molecule has 2 N–H and O–H groups in total. The quantitative estimate of drug-likeness (QED) is 0.808. The molecule has 7 heteroatoms. The van der Waals surface area contributed by atoms with E-state index in [0.717, 1.165) is 0 Å². The minimum atomic E-state index is -3.06. The van der Waals surface area contributed by atoms with Crippen LogP contribution in [0.5, 0.6) is 0 Å². The van der Waals surface area contributed by atoms with Crippen LogP contribution in [0.2, 0.25) is 0 Å². The van der Waals surface area contributed by atoms with Gasteiger partial charge in [-0.15, -0.1) is 0 Å². The smallest absolute Gasteiger partial charge is 0.337 e. The summed E-state index contributed by atoms with van der Waals surface area (Å²) in [6.45, 7) is 0.393. The number of carboxylic acid groups (broad SMARTS) is 1. The Bertz CT molecular complexity index is 578. The number of pyridine rings is 1. The SMILES string of the molecule is O=C(O)c1ccc(CNC2C=CS(=O)(=O)C2)nc1. The number of hydrogen-bond donors (Lipinski definition) is 2. The van der Waals surface area contributed by atoms with Gasteiger partial charge in [-0.3, -0.25) is 4.98 Å². The molecule has 6 nitrogen and oxygen atoms in total. The predicted octanol–water partition coefficient (Wildman–Crippen LogP) is 0.180. The van der Waals surface area contributed by atoms with Gasteiger partial charge < -0.3 is 10.4 Å². The van der Waals surface area contributed by atoms with Crippen LogP contribution in [0.15, 0.2) is 29.8 Å². The van der Waals surface area contributed by atoms with Gasteiger partial charge in [-0.1, -0.05) is 6.08 Å². The van der Waals surface area contributed by atoms with Gasteiger partial charge in [0.15, 0.2) is 9.84 Å². The molecule has 0 amide bonds. The van der Waals surface area contributed by atoms with Crippen LogP contribution in [-0.2, 0) is 16.4 Å². The fourth-order valence-corrected chi connectivity index (χ4v) is 2.86. The summed E-state index contributed by atoms with van der Waals surface area (Å²) < 4.78 is 22.3. The van der Waals surface area contributed by atoms with Gasteiger partial charge >= 0.3 is 5.97 Å². The van der Waals surface area contributed by atoms with Gasteiger partial charge in [-0.05, 0) is 12.1 Å². The maximum absolute atomic E-state index is 11.2. The number of hydrogen-bond acceptors (Lipinski definition) is 5. The number of nitrogens with zero attached hydrogens (tertiary/aromatic N) is 1. The van der Waals surface area contributed by atoms with Crippen LogP contribution < -0.4 is 5.32 Å². The molecule has 0 aliphatic carbocycles. The van der Waals surface area contributed by atoms with Gasteiger partial charge in [0.2, 0.25) is 0 Å². The number of nitrogens with one attached hydrogen (secondary N) is 1. The largest absolute Gasteiger partial charge is 0.478 e. The third kappa shape index (κ3) is 3.14. The lowest BCUT2D eigenvalue weighted by molar-refractivity contribution is 0.0696. The first-order valence-electron chi connectivity index (χ1n) is 5.29. The van der Waals surface area contributed by atoms with Gasteiger partial charge in [0.1, 0.15) is 0 Å². The molecule has 0 bridgehead atoms. The Kier molecular flexibility index (Phi) is 3.44. The molecule has 2 rings (SSSR count). The summed E-state index contributed by atoms with van der Waals surface area (Å²) in [6.07, 6.45) is 2.88. The number of rotatable bonds is 4. The molecule has 18 heavy (non-hydrogen) atoms. The van der Waals surface area contributed by atoms with Gasteiger partial charge in [0, 0.05) is 24.2 Å². The second-order valence-electron chi connectivity index (χ2n) is 3.99. The number of carboxylic acids is 1. The van der Waals surface area contributed by atoms with Crippen molar-refractivity contribution in [1.29, 1.82) is 0 Å². The summed E-state index contributed by atoms with van der Waals surface area (Å²) in [5.74, 6) is -0.966. The van der Waals surface area contributed by atoms with Gasteiger partial charge in [0.25, 0.3) is 0 Å². The van der Waals surface area contributed by atoms with E-state index in [-0.39, 0.29) is 17.4 Å². The highest BCUT2D eigenvalue weighted by Gasteiger charge is 2.20. The van der Waals surface area contributed by atoms with Crippen molar-refractivity contribution >= 4 is 15.8 Å². The Labute approximate surface area is 104 Å². The van der Waals surface area contributed by atoms with Crippen molar-refractivity contribution in [2.45, 2.75) is 12.6 Å². The van der Waals surface area contributed by atoms with Crippen molar-refractivity contribution in [3.8, 4) is 0 Å². The molecule has 1 aromatic rings. The summed E-state index contributed by atoms with van der Waals surface area (Å²) in [4.78, 5) is 14.6. The highest BCUT2D eigenvalue weighted by atomic mass is 32.2. The molecule has 1 aromatic heterocycles. The molecule has 0 radical (unpaired) electrons. The highest BCUT2D eigenvalue weighted by molar-refractivity contribution is 7.94. The molecule has 1 aliphatic rings. The zero-order valence-corrected chi connectivity index (χ0v) is 10.2. The third-order valence-electron chi connectivity index (χ3n) is 2.55. The molecular formula is C11H12N2O4S. The summed E-state index contributed by atoms with van der Waals surface area (Å²) in [5, 5.41) is 12.9. The molecule has 1 atom stereocenters. The van der Waals surface area contributed by atoms with Crippen LogP contribution in [-0.4, -0.2) is 36.3 Å². The average molecular weight is 268 g/mol. The van der Waals surface area contributed by atoms with E-state index in [1.807, 2.05) is 0 Å². The Balaban J connectivity index is 1.91. The normalized spacial score (nSPS) is 21.0. The summed E-state index contributed by atoms with van der Waals surface area (Å²) in [7, 11) is -3.06. The molecule has 0 fully saturated rings. The van der Waals surface area contributed by atoms with Crippen molar-refractivity contribution in [3.63, 3.8) is 0 Å². The van der Waals surface area contributed by atoms with Crippen molar-refractivity contribution in [2.24, 2.45) is 0 Å². The van der Waals surface area contributed by atoms with E-state index in [1.165, 1.54) is 17.7 Å². The van der Waals surface area contributed by atoms with Crippen LogP contribution in [0.4, 0.5) is 0 Å². The summed E-state index contributed by atoms with van der Waals surface area (Å²) >= 11 is 0. The first-order chi connectivity index (χ1) is 8.46. The Morgan fingerprint density at radius 3 is 2.78 bits per heavy atom. The number of carbonyl (C=O) groups is 1. The standard InChI is InChI=1S/C11H12N2O4S/c14-11(15)8-1-2-9(12-5-8)6-13-10-3-4-18(16,17)7-10/h1-5,10,13H,6-7H2,(H,14,15). The molecule has 1 aliphatic heterocycles. The second-order valence-corrected chi connectivity index (χ2v) is 5.92. The molecule has 0 aromatic carbocycles.